The van der Waals surface area contributed by atoms with E-state index < -0.39 is 0 Å². The Hall–Kier alpha value is -2.17. The lowest BCUT2D eigenvalue weighted by Gasteiger charge is -2.40. The third-order valence-corrected chi connectivity index (χ3v) is 5.95. The molecule has 136 valence electrons. The van der Waals surface area contributed by atoms with E-state index in [1.54, 1.807) is 7.11 Å². The van der Waals surface area contributed by atoms with Crippen molar-refractivity contribution in [3.8, 4) is 0 Å². The van der Waals surface area contributed by atoms with E-state index in [0.29, 0.717) is 6.42 Å². The topological polar surface area (TPSA) is 50.4 Å². The molecule has 0 aromatic heterocycles. The van der Waals surface area contributed by atoms with Crippen molar-refractivity contribution in [2.24, 2.45) is 0 Å². The lowest BCUT2D eigenvalue weighted by atomic mass is 9.72. The number of nitrogens with one attached hydrogen (secondary N) is 2. The second-order valence-corrected chi connectivity index (χ2v) is 7.36. The quantitative estimate of drug-likeness (QED) is 0.891. The molecule has 1 aliphatic carbocycles. The third kappa shape index (κ3) is 2.93. The molecule has 4 heteroatoms. The van der Waals surface area contributed by atoms with Crippen LogP contribution in [0.1, 0.15) is 35.6 Å². The molecule has 1 aliphatic heterocycles. The minimum Gasteiger partial charge on any atom is -0.378 e. The largest absolute Gasteiger partial charge is 0.378 e. The number of benzene rings is 2. The molecule has 0 saturated carbocycles. The van der Waals surface area contributed by atoms with E-state index >= 15 is 0 Å². The van der Waals surface area contributed by atoms with Gasteiger partial charge in [-0.05, 0) is 42.6 Å². The van der Waals surface area contributed by atoms with Crippen molar-refractivity contribution >= 4 is 5.91 Å². The van der Waals surface area contributed by atoms with E-state index in [0.717, 1.165) is 31.5 Å². The Morgan fingerprint density at radius 3 is 2.54 bits per heavy atom. The molecule has 2 aromatic rings. The van der Waals surface area contributed by atoms with Gasteiger partial charge < -0.3 is 15.4 Å². The summed E-state index contributed by atoms with van der Waals surface area (Å²) in [7, 11) is 1.77. The number of hydrogen-bond acceptors (Lipinski definition) is 3. The molecular formula is C22H26N2O2. The van der Waals surface area contributed by atoms with Crippen LogP contribution in [0, 0.1) is 0 Å². The molecule has 0 unspecified atom stereocenters. The molecule has 4 rings (SSSR count). The number of carbonyl (C=O) groups is 1. The zero-order valence-corrected chi connectivity index (χ0v) is 15.2. The van der Waals surface area contributed by atoms with E-state index in [2.05, 4.69) is 34.9 Å². The molecule has 1 amide bonds. The monoisotopic (exact) mass is 350 g/mol. The van der Waals surface area contributed by atoms with Gasteiger partial charge in [-0.15, -0.1) is 0 Å². The summed E-state index contributed by atoms with van der Waals surface area (Å²) in [5, 5.41) is 6.73. The summed E-state index contributed by atoms with van der Waals surface area (Å²) in [4.78, 5) is 12.7. The highest BCUT2D eigenvalue weighted by molar-refractivity contribution is 5.79. The number of fused-ring (bicyclic) bond motifs is 2. The Kier molecular flexibility index (Phi) is 4.79. The average molecular weight is 350 g/mol. The normalized spacial score (nSPS) is 23.6. The van der Waals surface area contributed by atoms with Gasteiger partial charge in [0.25, 0.3) is 0 Å². The van der Waals surface area contributed by atoms with Gasteiger partial charge in [-0.25, -0.2) is 0 Å². The van der Waals surface area contributed by atoms with Crippen molar-refractivity contribution in [2.45, 2.75) is 36.8 Å². The Morgan fingerprint density at radius 2 is 1.81 bits per heavy atom. The highest BCUT2D eigenvalue weighted by Gasteiger charge is 2.53. The van der Waals surface area contributed by atoms with Crippen LogP contribution in [0.2, 0.25) is 0 Å². The fraction of sp³-hybridized carbons (Fsp3) is 0.409. The van der Waals surface area contributed by atoms with Crippen LogP contribution in [-0.4, -0.2) is 32.2 Å². The van der Waals surface area contributed by atoms with Gasteiger partial charge in [0.15, 0.2) is 0 Å². The van der Waals surface area contributed by atoms with E-state index in [9.17, 15) is 4.79 Å². The summed E-state index contributed by atoms with van der Waals surface area (Å²) < 4.78 is 6.01. The smallest absolute Gasteiger partial charge is 0.224 e. The Labute approximate surface area is 155 Å². The highest BCUT2D eigenvalue weighted by Crippen LogP contribution is 2.51. The average Bonchev–Trinajstić information content (AvgIpc) is 2.92. The van der Waals surface area contributed by atoms with Gasteiger partial charge in [0.1, 0.15) is 0 Å². The van der Waals surface area contributed by atoms with Crippen molar-refractivity contribution in [1.29, 1.82) is 0 Å². The zero-order chi connectivity index (χ0) is 18.0. The van der Waals surface area contributed by atoms with Gasteiger partial charge in [-0.2, -0.15) is 0 Å². The number of amides is 1. The maximum Gasteiger partial charge on any atom is 0.224 e. The summed E-state index contributed by atoms with van der Waals surface area (Å²) in [6.07, 6.45) is 2.44. The Bertz CT molecular complexity index is 769. The predicted molar refractivity (Wildman–Crippen MR) is 102 cm³/mol. The Morgan fingerprint density at radius 1 is 1.12 bits per heavy atom. The molecule has 1 spiro atoms. The fourth-order valence-corrected chi connectivity index (χ4v) is 4.80. The van der Waals surface area contributed by atoms with Gasteiger partial charge in [0, 0.05) is 12.5 Å². The van der Waals surface area contributed by atoms with E-state index in [1.807, 2.05) is 30.3 Å². The summed E-state index contributed by atoms with van der Waals surface area (Å²) in [6.45, 7) is 1.97. The van der Waals surface area contributed by atoms with Crippen LogP contribution in [0.5, 0.6) is 0 Å². The first kappa shape index (κ1) is 17.3. The Balaban J connectivity index is 1.62. The SMILES string of the molecule is CO[C@@H]1[C@@H](NC(=O)Cc2ccccc2)c2ccccc2C12CCNCC2. The van der Waals surface area contributed by atoms with E-state index in [4.69, 9.17) is 4.74 Å². The fourth-order valence-electron chi connectivity index (χ4n) is 4.80. The molecule has 1 heterocycles. The summed E-state index contributed by atoms with van der Waals surface area (Å²) in [5.41, 5.74) is 3.57. The van der Waals surface area contributed by atoms with Crippen molar-refractivity contribution in [3.05, 3.63) is 71.3 Å². The van der Waals surface area contributed by atoms with Crippen molar-refractivity contribution in [3.63, 3.8) is 0 Å². The molecule has 26 heavy (non-hydrogen) atoms. The number of carbonyl (C=O) groups excluding carboxylic acids is 1. The summed E-state index contributed by atoms with van der Waals surface area (Å²) in [6, 6.07) is 18.3. The van der Waals surface area contributed by atoms with Gasteiger partial charge in [0.05, 0.1) is 18.6 Å². The first-order valence-corrected chi connectivity index (χ1v) is 9.41. The molecule has 2 aromatic carbocycles. The number of piperidine rings is 1. The van der Waals surface area contributed by atoms with Crippen LogP contribution >= 0.6 is 0 Å². The number of methoxy groups -OCH3 is 1. The summed E-state index contributed by atoms with van der Waals surface area (Å²) in [5.74, 6) is 0.0454. The van der Waals surface area contributed by atoms with Gasteiger partial charge in [-0.3, -0.25) is 4.79 Å². The molecule has 4 nitrogen and oxygen atoms in total. The minimum atomic E-state index is -0.0921. The maximum atomic E-state index is 12.7. The number of hydrogen-bond donors (Lipinski definition) is 2. The second kappa shape index (κ2) is 7.22. The first-order valence-electron chi connectivity index (χ1n) is 9.41. The zero-order valence-electron chi connectivity index (χ0n) is 15.2. The maximum absolute atomic E-state index is 12.7. The van der Waals surface area contributed by atoms with Crippen molar-refractivity contribution < 1.29 is 9.53 Å². The summed E-state index contributed by atoms with van der Waals surface area (Å²) >= 11 is 0. The molecule has 1 fully saturated rings. The predicted octanol–water partition coefficient (Wildman–Crippen LogP) is 2.74. The van der Waals surface area contributed by atoms with Crippen molar-refractivity contribution in [2.75, 3.05) is 20.2 Å². The number of ether oxygens (including phenoxy) is 1. The molecule has 0 bridgehead atoms. The molecule has 2 atom stereocenters. The van der Waals surface area contributed by atoms with Crippen LogP contribution in [0.15, 0.2) is 54.6 Å². The van der Waals surface area contributed by atoms with Gasteiger partial charge >= 0.3 is 0 Å². The molecule has 2 aliphatic rings. The van der Waals surface area contributed by atoms with E-state index in [-0.39, 0.29) is 23.5 Å². The lowest BCUT2D eigenvalue weighted by molar-refractivity contribution is -0.122. The second-order valence-electron chi connectivity index (χ2n) is 7.36. The van der Waals surface area contributed by atoms with Crippen LogP contribution in [0.25, 0.3) is 0 Å². The van der Waals surface area contributed by atoms with Crippen molar-refractivity contribution in [1.82, 2.24) is 10.6 Å². The van der Waals surface area contributed by atoms with E-state index in [1.165, 1.54) is 11.1 Å². The first-order chi connectivity index (χ1) is 12.7. The van der Waals surface area contributed by atoms with Gasteiger partial charge in [0.2, 0.25) is 5.91 Å². The van der Waals surface area contributed by atoms with Gasteiger partial charge in [-0.1, -0.05) is 54.6 Å². The third-order valence-electron chi connectivity index (χ3n) is 5.95. The van der Waals surface area contributed by atoms with Crippen LogP contribution in [0.3, 0.4) is 0 Å². The number of rotatable bonds is 4. The highest BCUT2D eigenvalue weighted by atomic mass is 16.5. The lowest BCUT2D eigenvalue weighted by Crippen LogP contribution is -2.49. The molecule has 1 saturated heterocycles. The van der Waals surface area contributed by atoms with Crippen LogP contribution in [-0.2, 0) is 21.4 Å². The molecular weight excluding hydrogens is 324 g/mol. The minimum absolute atomic E-state index is 0.0126. The van der Waals surface area contributed by atoms with Crippen LogP contribution in [0.4, 0.5) is 0 Å². The van der Waals surface area contributed by atoms with Crippen LogP contribution < -0.4 is 10.6 Å². The molecule has 2 N–H and O–H groups in total. The standard InChI is InChI=1S/C22H26N2O2/c1-26-21-20(24-19(25)15-16-7-3-2-4-8-16)17-9-5-6-10-18(17)22(21)11-13-23-14-12-22/h2-10,20-21,23H,11-15H2,1H3,(H,24,25)/t20-,21+/m0/s1. The molecule has 0 radical (unpaired) electrons.